The van der Waals surface area contributed by atoms with Crippen LogP contribution in [0, 0.1) is 24.5 Å². The van der Waals surface area contributed by atoms with Gasteiger partial charge in [-0.05, 0) is 48.7 Å². The summed E-state index contributed by atoms with van der Waals surface area (Å²) in [5.41, 5.74) is 2.45. The van der Waals surface area contributed by atoms with E-state index in [0.717, 1.165) is 23.0 Å². The third-order valence-electron chi connectivity index (χ3n) is 5.29. The fraction of sp³-hybridized carbons (Fsp3) is 0.333. The number of aromatic nitrogens is 3. The summed E-state index contributed by atoms with van der Waals surface area (Å²) in [7, 11) is 0. The molecule has 1 fully saturated rings. The molecule has 0 radical (unpaired) electrons. The van der Waals surface area contributed by atoms with Gasteiger partial charge in [0.25, 0.3) is 0 Å². The Morgan fingerprint density at radius 2 is 1.76 bits per heavy atom. The first-order valence-electron chi connectivity index (χ1n) is 9.46. The van der Waals surface area contributed by atoms with Gasteiger partial charge in [-0.25, -0.2) is 13.5 Å². The second-order valence-electron chi connectivity index (χ2n) is 7.94. The number of benzene rings is 2. The van der Waals surface area contributed by atoms with Crippen LogP contribution in [0.2, 0.25) is 0 Å². The molecule has 4 rings (SSSR count). The number of anilines is 3. The second-order valence-corrected chi connectivity index (χ2v) is 7.94. The largest absolute Gasteiger partial charge is 0.386 e. The third kappa shape index (κ3) is 3.93. The van der Waals surface area contributed by atoms with Crippen molar-refractivity contribution < 1.29 is 16.7 Å². The van der Waals surface area contributed by atoms with Crippen LogP contribution in [-0.4, -0.2) is 38.6 Å². The van der Waals surface area contributed by atoms with Crippen LogP contribution in [0.1, 0.15) is 22.3 Å². The van der Waals surface area contributed by atoms with Crippen molar-refractivity contribution in [1.82, 2.24) is 14.8 Å². The minimum atomic E-state index is -0.677. The summed E-state index contributed by atoms with van der Waals surface area (Å²) in [5, 5.41) is 17.9. The van der Waals surface area contributed by atoms with Crippen molar-refractivity contribution >= 4 is 17.3 Å². The van der Waals surface area contributed by atoms with E-state index in [-0.39, 0.29) is 14.5 Å². The van der Waals surface area contributed by atoms with Gasteiger partial charge in [0, 0.05) is 33.4 Å². The molecule has 2 N–H and O–H groups in total. The Bertz CT molecular complexity index is 1030. The van der Waals surface area contributed by atoms with Crippen LogP contribution in [0.15, 0.2) is 42.7 Å². The molecule has 0 aliphatic carbocycles. The van der Waals surface area contributed by atoms with Gasteiger partial charge in [0.05, 0.1) is 5.69 Å². The van der Waals surface area contributed by atoms with E-state index in [2.05, 4.69) is 26.4 Å². The number of rotatable bonds is 5. The summed E-state index contributed by atoms with van der Waals surface area (Å²) in [6, 6.07) is 9.17. The van der Waals surface area contributed by atoms with Gasteiger partial charge < -0.3 is 15.3 Å². The molecular weight excluding hydrogens is 376 g/mol. The van der Waals surface area contributed by atoms with Crippen molar-refractivity contribution in [3.63, 3.8) is 0 Å². The Kier molecular flexibility index (Phi) is 4.74. The van der Waals surface area contributed by atoms with Crippen molar-refractivity contribution in [2.45, 2.75) is 26.4 Å². The number of aliphatic hydroxyl groups is 1. The lowest BCUT2D eigenvalue weighted by Gasteiger charge is -2.50. The Morgan fingerprint density at radius 1 is 1.07 bits per heavy atom. The summed E-state index contributed by atoms with van der Waals surface area (Å²) in [6.45, 7) is 7.21. The van der Waals surface area contributed by atoms with Crippen LogP contribution in [0.5, 0.6) is 0 Å². The maximum Gasteiger partial charge on any atom is 0.246 e. The van der Waals surface area contributed by atoms with Crippen LogP contribution in [-0.2, 0) is 0 Å². The Hall–Kier alpha value is -3.00. The van der Waals surface area contributed by atoms with Crippen LogP contribution in [0.4, 0.5) is 26.1 Å². The van der Waals surface area contributed by atoms with E-state index in [9.17, 15) is 13.9 Å². The van der Waals surface area contributed by atoms with E-state index in [1.54, 1.807) is 0 Å². The second kappa shape index (κ2) is 7.11. The maximum atomic E-state index is 13.4. The van der Waals surface area contributed by atoms with E-state index in [4.69, 9.17) is 0 Å². The van der Waals surface area contributed by atoms with Crippen molar-refractivity contribution in [2.24, 2.45) is 5.92 Å². The summed E-state index contributed by atoms with van der Waals surface area (Å²) in [4.78, 5) is 6.30. The Morgan fingerprint density at radius 3 is 2.41 bits per heavy atom. The van der Waals surface area contributed by atoms with Gasteiger partial charge in [-0.3, -0.25) is 0 Å². The Labute approximate surface area is 170 Å². The molecule has 0 atom stereocenters. The Balaban J connectivity index is 0.00000171. The zero-order valence-electron chi connectivity index (χ0n) is 16.5. The molecule has 8 heteroatoms. The molecule has 2 heterocycles. The molecule has 6 nitrogen and oxygen atoms in total. The van der Waals surface area contributed by atoms with E-state index < -0.39 is 17.2 Å². The molecule has 0 amide bonds. The molecule has 0 saturated carbocycles. The highest BCUT2D eigenvalue weighted by atomic mass is 19.1. The van der Waals surface area contributed by atoms with Gasteiger partial charge in [0.1, 0.15) is 23.6 Å². The molecular formula is C21H27F2N5O. The predicted molar refractivity (Wildman–Crippen MR) is 112 cm³/mol. The van der Waals surface area contributed by atoms with Crippen LogP contribution < -0.4 is 10.2 Å². The van der Waals surface area contributed by atoms with Crippen molar-refractivity contribution in [3.8, 4) is 5.69 Å². The zero-order valence-corrected chi connectivity index (χ0v) is 16.5. The average Bonchev–Trinajstić information content (AvgIpc) is 3.06. The lowest BCUT2D eigenvalue weighted by molar-refractivity contribution is -0.0300. The minimum absolute atomic E-state index is 0. The smallest absolute Gasteiger partial charge is 0.246 e. The maximum absolute atomic E-state index is 13.4. The topological polar surface area (TPSA) is 66.2 Å². The normalized spacial score (nSPS) is 15.5. The van der Waals surface area contributed by atoms with Crippen LogP contribution >= 0.6 is 0 Å². The van der Waals surface area contributed by atoms with E-state index in [0.29, 0.717) is 19.0 Å². The van der Waals surface area contributed by atoms with Gasteiger partial charge in [-0.15, -0.1) is 5.10 Å². The minimum Gasteiger partial charge on any atom is -0.386 e. The van der Waals surface area contributed by atoms with E-state index in [1.165, 1.54) is 23.1 Å². The van der Waals surface area contributed by atoms with Gasteiger partial charge in [-0.1, -0.05) is 13.8 Å². The first-order chi connectivity index (χ1) is 13.7. The molecule has 0 bridgehead atoms. The molecule has 1 aromatic heterocycles. The number of halogens is 2. The fourth-order valence-corrected chi connectivity index (χ4v) is 3.43. The number of hydrogen-bond acceptors (Lipinski definition) is 5. The van der Waals surface area contributed by atoms with Gasteiger partial charge in [0.15, 0.2) is 0 Å². The van der Waals surface area contributed by atoms with Gasteiger partial charge in [-0.2, -0.15) is 4.98 Å². The first-order valence-corrected chi connectivity index (χ1v) is 9.46. The molecule has 0 spiro atoms. The zero-order chi connectivity index (χ0) is 20.8. The van der Waals surface area contributed by atoms with Gasteiger partial charge in [0.2, 0.25) is 5.95 Å². The number of β-amino-alcohol motifs (C(OH)–C–C–N with tert-alkyl or cyclic N) is 1. The molecule has 3 aromatic rings. The van der Waals surface area contributed by atoms with E-state index >= 15 is 0 Å². The third-order valence-corrected chi connectivity index (χ3v) is 5.29. The number of nitrogens with zero attached hydrogens (tertiary/aromatic N) is 4. The fourth-order valence-electron chi connectivity index (χ4n) is 3.43. The lowest BCUT2D eigenvalue weighted by atomic mass is 9.82. The quantitative estimate of drug-likeness (QED) is 0.665. The summed E-state index contributed by atoms with van der Waals surface area (Å²) in [6.07, 6.45) is 1.39. The summed E-state index contributed by atoms with van der Waals surface area (Å²) >= 11 is 0. The van der Waals surface area contributed by atoms with Crippen molar-refractivity contribution in [1.29, 1.82) is 0 Å². The monoisotopic (exact) mass is 403 g/mol. The van der Waals surface area contributed by atoms with Gasteiger partial charge >= 0.3 is 0 Å². The summed E-state index contributed by atoms with van der Waals surface area (Å²) < 4.78 is 28.2. The molecule has 29 heavy (non-hydrogen) atoms. The highest BCUT2D eigenvalue weighted by molar-refractivity contribution is 5.65. The van der Waals surface area contributed by atoms with Crippen LogP contribution in [0.3, 0.4) is 0 Å². The SMILES string of the molecule is Cc1cc(Nc2ncn(-c3cc(F)cc(F)c3)n2)cc(N2CC(O)(C(C)C)C2)c1.[HH].[HH]. The summed E-state index contributed by atoms with van der Waals surface area (Å²) in [5.74, 6) is -0.844. The standard InChI is InChI=1S/C21H23F2N5O.2H2/c1-13(2)21(29)10-27(11-21)18-5-14(3)4-17(9-18)25-20-24-12-28(26-20)19-7-15(22)6-16(23)8-19;;/h4-9,12-13,29H,10-11H2,1-3H3,(H,25,26);2*1H. The molecule has 1 aliphatic rings. The number of aryl methyl sites for hydroxylation is 1. The number of nitrogens with one attached hydrogen (secondary N) is 1. The first kappa shape index (κ1) is 19.3. The highest BCUT2D eigenvalue weighted by Gasteiger charge is 2.43. The molecule has 0 unspecified atom stereocenters. The van der Waals surface area contributed by atoms with Crippen molar-refractivity contribution in [2.75, 3.05) is 23.3 Å². The predicted octanol–water partition coefficient (Wildman–Crippen LogP) is 4.30. The number of hydrogen-bond donors (Lipinski definition) is 2. The lowest BCUT2D eigenvalue weighted by Crippen LogP contribution is -2.64. The molecule has 2 aromatic carbocycles. The van der Waals surface area contributed by atoms with Crippen molar-refractivity contribution in [3.05, 3.63) is 59.9 Å². The van der Waals surface area contributed by atoms with E-state index in [1.807, 2.05) is 32.9 Å². The highest BCUT2D eigenvalue weighted by Crippen LogP contribution is 2.34. The molecule has 1 aliphatic heterocycles. The average molecular weight is 403 g/mol. The molecule has 156 valence electrons. The van der Waals surface area contributed by atoms with Crippen LogP contribution in [0.25, 0.3) is 5.69 Å². The molecule has 1 saturated heterocycles.